The van der Waals surface area contributed by atoms with E-state index in [1.807, 2.05) is 42.7 Å². The Balaban J connectivity index is 0.000000383. The molecule has 0 saturated heterocycles. The van der Waals surface area contributed by atoms with Gasteiger partial charge in [0.1, 0.15) is 11.5 Å². The summed E-state index contributed by atoms with van der Waals surface area (Å²) in [4.78, 5) is 34.2. The lowest BCUT2D eigenvalue weighted by Gasteiger charge is -2.10. The fourth-order valence-electron chi connectivity index (χ4n) is 2.74. The van der Waals surface area contributed by atoms with E-state index in [2.05, 4.69) is 20.3 Å². The zero-order valence-electron chi connectivity index (χ0n) is 17.7. The van der Waals surface area contributed by atoms with E-state index in [0.29, 0.717) is 17.2 Å². The fourth-order valence-corrected chi connectivity index (χ4v) is 2.74. The number of rotatable bonds is 4. The molecule has 33 heavy (non-hydrogen) atoms. The average molecular weight is 462 g/mol. The lowest BCUT2D eigenvalue weighted by molar-refractivity contribution is -0.192. The highest BCUT2D eigenvalue weighted by Crippen LogP contribution is 2.40. The number of amides is 1. The van der Waals surface area contributed by atoms with Gasteiger partial charge < -0.3 is 20.7 Å². The van der Waals surface area contributed by atoms with Crippen molar-refractivity contribution in [2.75, 3.05) is 5.32 Å². The predicted octanol–water partition coefficient (Wildman–Crippen LogP) is 3.11. The Morgan fingerprint density at radius 3 is 2.21 bits per heavy atom. The topological polar surface area (TPSA) is 136 Å². The molecule has 4 N–H and O–H groups in total. The summed E-state index contributed by atoms with van der Waals surface area (Å²) in [5.41, 5.74) is 9.74. The molecular weight excluding hydrogens is 441 g/mol. The number of nitrogens with two attached hydrogens (primary N) is 1. The van der Waals surface area contributed by atoms with Crippen LogP contribution in [0.5, 0.6) is 0 Å². The van der Waals surface area contributed by atoms with Crippen LogP contribution in [-0.4, -0.2) is 42.7 Å². The number of carbonyl (C=O) groups is 2. The summed E-state index contributed by atoms with van der Waals surface area (Å²) in [6.07, 6.45) is -0.00200. The van der Waals surface area contributed by atoms with Crippen LogP contribution < -0.4 is 11.1 Å². The summed E-state index contributed by atoms with van der Waals surface area (Å²) in [5.74, 6) is -2.50. The van der Waals surface area contributed by atoms with Crippen molar-refractivity contribution in [3.63, 3.8) is 0 Å². The lowest BCUT2D eigenvalue weighted by atomic mass is 10.2. The van der Waals surface area contributed by atoms with E-state index >= 15 is 0 Å². The summed E-state index contributed by atoms with van der Waals surface area (Å²) >= 11 is 0. The van der Waals surface area contributed by atoms with Gasteiger partial charge in [0.05, 0.1) is 17.6 Å². The van der Waals surface area contributed by atoms with Crippen molar-refractivity contribution in [1.29, 1.82) is 0 Å². The molecule has 12 heteroatoms. The van der Waals surface area contributed by atoms with Crippen molar-refractivity contribution in [3.8, 4) is 5.69 Å². The zero-order chi connectivity index (χ0) is 24.4. The maximum atomic E-state index is 12.5. The SMILES string of the molecule is Cc1ncn(-c2ccc(NC(=O)c3ccnc(C4(N)CC4)n3)cc2)c1C.O=C(O)C(F)(F)F. The maximum absolute atomic E-state index is 12.5. The Labute approximate surface area is 186 Å². The van der Waals surface area contributed by atoms with Crippen LogP contribution >= 0.6 is 0 Å². The highest BCUT2D eigenvalue weighted by Gasteiger charge is 2.43. The number of nitrogens with one attached hydrogen (secondary N) is 1. The number of carboxylic acid groups (broad SMARTS) is 1. The third-order valence-electron chi connectivity index (χ3n) is 5.02. The molecule has 1 amide bonds. The molecule has 1 aromatic carbocycles. The van der Waals surface area contributed by atoms with Gasteiger partial charge >= 0.3 is 12.1 Å². The highest BCUT2D eigenvalue weighted by atomic mass is 19.4. The molecule has 9 nitrogen and oxygen atoms in total. The van der Waals surface area contributed by atoms with Gasteiger partial charge in [-0.15, -0.1) is 0 Å². The van der Waals surface area contributed by atoms with Crippen LogP contribution in [0, 0.1) is 13.8 Å². The van der Waals surface area contributed by atoms with Gasteiger partial charge in [-0.05, 0) is 57.0 Å². The molecule has 0 unspecified atom stereocenters. The standard InChI is InChI=1S/C19H20N6O.C2HF3O2/c1-12-13(2)25(11-22-12)15-5-3-14(4-6-15)23-17(26)16-7-10-21-18(24-16)19(20)8-9-19;3-2(4,5)1(6)7/h3-7,10-11H,8-9,20H2,1-2H3,(H,23,26);(H,6,7). The first-order valence-electron chi connectivity index (χ1n) is 9.75. The lowest BCUT2D eigenvalue weighted by Crippen LogP contribution is -2.24. The third kappa shape index (κ3) is 5.71. The first-order valence-corrected chi connectivity index (χ1v) is 9.75. The summed E-state index contributed by atoms with van der Waals surface area (Å²) < 4.78 is 33.7. The van der Waals surface area contributed by atoms with Gasteiger partial charge in [-0.2, -0.15) is 13.2 Å². The van der Waals surface area contributed by atoms with Gasteiger partial charge in [0.2, 0.25) is 0 Å². The Hall–Kier alpha value is -3.80. The van der Waals surface area contributed by atoms with E-state index < -0.39 is 17.7 Å². The van der Waals surface area contributed by atoms with E-state index in [4.69, 9.17) is 15.6 Å². The average Bonchev–Trinajstić information content (AvgIpc) is 3.44. The molecular formula is C21H21F3N6O3. The van der Waals surface area contributed by atoms with Crippen molar-refractivity contribution in [3.05, 3.63) is 65.8 Å². The maximum Gasteiger partial charge on any atom is 0.490 e. The van der Waals surface area contributed by atoms with Crippen molar-refractivity contribution in [1.82, 2.24) is 19.5 Å². The van der Waals surface area contributed by atoms with E-state index in [-0.39, 0.29) is 5.91 Å². The zero-order valence-corrected chi connectivity index (χ0v) is 17.7. The van der Waals surface area contributed by atoms with E-state index in [1.54, 1.807) is 18.6 Å². The Morgan fingerprint density at radius 1 is 1.12 bits per heavy atom. The van der Waals surface area contributed by atoms with Gasteiger partial charge in [0, 0.05) is 23.3 Å². The number of halogens is 3. The molecule has 0 radical (unpaired) electrons. The monoisotopic (exact) mass is 462 g/mol. The first-order chi connectivity index (χ1) is 15.4. The molecule has 2 aromatic heterocycles. The number of nitrogens with zero attached hydrogens (tertiary/aromatic N) is 4. The van der Waals surface area contributed by atoms with Gasteiger partial charge in [-0.25, -0.2) is 19.7 Å². The van der Waals surface area contributed by atoms with E-state index in [0.717, 1.165) is 29.9 Å². The fraction of sp³-hybridized carbons (Fsp3) is 0.286. The summed E-state index contributed by atoms with van der Waals surface area (Å²) in [6, 6.07) is 9.18. The number of anilines is 1. The number of aliphatic carboxylic acids is 1. The first kappa shape index (κ1) is 23.9. The van der Waals surface area contributed by atoms with E-state index in [9.17, 15) is 18.0 Å². The third-order valence-corrected chi connectivity index (χ3v) is 5.02. The number of hydrogen-bond acceptors (Lipinski definition) is 6. The summed E-state index contributed by atoms with van der Waals surface area (Å²) in [7, 11) is 0. The quantitative estimate of drug-likeness (QED) is 0.542. The number of hydrogen-bond donors (Lipinski definition) is 3. The van der Waals surface area contributed by atoms with Crippen molar-refractivity contribution in [2.45, 2.75) is 38.4 Å². The van der Waals surface area contributed by atoms with Gasteiger partial charge in [0.25, 0.3) is 5.91 Å². The highest BCUT2D eigenvalue weighted by molar-refractivity contribution is 6.02. The smallest absolute Gasteiger partial charge is 0.475 e. The molecule has 1 aliphatic rings. The second kappa shape index (κ2) is 8.98. The molecule has 174 valence electrons. The van der Waals surface area contributed by atoms with Gasteiger partial charge in [-0.3, -0.25) is 4.79 Å². The molecule has 1 aliphatic carbocycles. The van der Waals surface area contributed by atoms with Crippen LogP contribution in [-0.2, 0) is 10.3 Å². The molecule has 0 aliphatic heterocycles. The minimum absolute atomic E-state index is 0.277. The normalized spacial score (nSPS) is 14.1. The summed E-state index contributed by atoms with van der Waals surface area (Å²) in [5, 5.41) is 9.99. The Kier molecular flexibility index (Phi) is 6.49. The Bertz CT molecular complexity index is 1170. The molecule has 2 heterocycles. The van der Waals surface area contributed by atoms with Crippen LogP contribution in [0.1, 0.15) is 40.5 Å². The predicted molar refractivity (Wildman–Crippen MR) is 112 cm³/mol. The second-order valence-electron chi connectivity index (χ2n) is 7.51. The number of carboxylic acids is 1. The molecule has 3 aromatic rings. The van der Waals surface area contributed by atoms with Crippen LogP contribution in [0.25, 0.3) is 5.69 Å². The van der Waals surface area contributed by atoms with E-state index in [1.165, 1.54) is 0 Å². The van der Waals surface area contributed by atoms with Crippen LogP contribution in [0.3, 0.4) is 0 Å². The summed E-state index contributed by atoms with van der Waals surface area (Å²) in [6.45, 7) is 4.00. The largest absolute Gasteiger partial charge is 0.490 e. The molecule has 1 fully saturated rings. The molecule has 0 spiro atoms. The number of aromatic nitrogens is 4. The van der Waals surface area contributed by atoms with Crippen molar-refractivity contribution < 1.29 is 27.9 Å². The van der Waals surface area contributed by atoms with Crippen LogP contribution in [0.15, 0.2) is 42.9 Å². The van der Waals surface area contributed by atoms with Gasteiger partial charge in [0.15, 0.2) is 0 Å². The number of benzene rings is 1. The van der Waals surface area contributed by atoms with Crippen molar-refractivity contribution in [2.24, 2.45) is 5.73 Å². The Morgan fingerprint density at radius 2 is 1.73 bits per heavy atom. The number of alkyl halides is 3. The molecule has 1 saturated carbocycles. The number of aryl methyl sites for hydroxylation is 1. The molecule has 0 bridgehead atoms. The number of carbonyl (C=O) groups excluding carboxylic acids is 1. The second-order valence-corrected chi connectivity index (χ2v) is 7.51. The van der Waals surface area contributed by atoms with Crippen LogP contribution in [0.4, 0.5) is 18.9 Å². The molecule has 4 rings (SSSR count). The minimum Gasteiger partial charge on any atom is -0.475 e. The molecule has 0 atom stereocenters. The van der Waals surface area contributed by atoms with Crippen molar-refractivity contribution >= 4 is 17.6 Å². The van der Waals surface area contributed by atoms with Gasteiger partial charge in [-0.1, -0.05) is 0 Å². The minimum atomic E-state index is -5.08. The van der Waals surface area contributed by atoms with Crippen LogP contribution in [0.2, 0.25) is 0 Å². The number of imidazole rings is 1.